The first-order chi connectivity index (χ1) is 12.4. The molecule has 0 aromatic heterocycles. The number of piperidine rings is 1. The lowest BCUT2D eigenvalue weighted by Gasteiger charge is -2.61. The molecule has 1 unspecified atom stereocenters. The van der Waals surface area contributed by atoms with E-state index in [9.17, 15) is 12.8 Å². The Morgan fingerprint density at radius 3 is 2.35 bits per heavy atom. The standard InChI is InChI=1S/C20H23FN2O2S/c1-26(24,25)22-12-10-20(11-13-22)15-23(18-9-5-8-17(21)14-18)19(20)16-6-3-2-4-7-16/h2-9,14,19H,10-13,15H2,1H3. The van der Waals surface area contributed by atoms with Crippen LogP contribution in [0.3, 0.4) is 0 Å². The van der Waals surface area contributed by atoms with E-state index in [4.69, 9.17) is 0 Å². The number of hydrogen-bond acceptors (Lipinski definition) is 3. The second-order valence-corrected chi connectivity index (χ2v) is 9.43. The van der Waals surface area contributed by atoms with Crippen LogP contribution in [0.5, 0.6) is 0 Å². The quantitative estimate of drug-likeness (QED) is 0.826. The summed E-state index contributed by atoms with van der Waals surface area (Å²) < 4.78 is 39.0. The summed E-state index contributed by atoms with van der Waals surface area (Å²) in [5.74, 6) is -0.234. The van der Waals surface area contributed by atoms with Gasteiger partial charge in [-0.2, -0.15) is 0 Å². The molecule has 0 radical (unpaired) electrons. The number of sulfonamides is 1. The second kappa shape index (κ2) is 6.35. The second-order valence-electron chi connectivity index (χ2n) is 7.45. The summed E-state index contributed by atoms with van der Waals surface area (Å²) in [7, 11) is -3.14. The van der Waals surface area contributed by atoms with Crippen molar-refractivity contribution in [3.63, 3.8) is 0 Å². The highest BCUT2D eigenvalue weighted by Crippen LogP contribution is 2.56. The van der Waals surface area contributed by atoms with Crippen LogP contribution in [-0.4, -0.2) is 38.6 Å². The summed E-state index contributed by atoms with van der Waals surface area (Å²) in [6.45, 7) is 1.94. The van der Waals surface area contributed by atoms with E-state index in [1.54, 1.807) is 16.4 Å². The maximum absolute atomic E-state index is 13.7. The van der Waals surface area contributed by atoms with Gasteiger partial charge in [0.2, 0.25) is 10.0 Å². The molecule has 2 saturated heterocycles. The van der Waals surface area contributed by atoms with Gasteiger partial charge >= 0.3 is 0 Å². The molecular formula is C20H23FN2O2S. The Hall–Kier alpha value is -1.92. The third-order valence-electron chi connectivity index (χ3n) is 5.82. The predicted molar refractivity (Wildman–Crippen MR) is 101 cm³/mol. The van der Waals surface area contributed by atoms with Crippen LogP contribution in [0.1, 0.15) is 24.4 Å². The number of rotatable bonds is 3. The lowest BCUT2D eigenvalue weighted by molar-refractivity contribution is 0.0576. The van der Waals surface area contributed by atoms with E-state index in [0.29, 0.717) is 13.1 Å². The number of benzene rings is 2. The molecule has 2 aromatic carbocycles. The lowest BCUT2D eigenvalue weighted by Crippen LogP contribution is -2.62. The molecule has 2 aromatic rings. The average Bonchev–Trinajstić information content (AvgIpc) is 2.60. The molecule has 2 aliphatic heterocycles. The normalized spacial score (nSPS) is 23.0. The molecule has 4 nitrogen and oxygen atoms in total. The smallest absolute Gasteiger partial charge is 0.211 e. The number of halogens is 1. The van der Waals surface area contributed by atoms with Crippen LogP contribution < -0.4 is 4.90 Å². The van der Waals surface area contributed by atoms with E-state index in [0.717, 1.165) is 25.1 Å². The van der Waals surface area contributed by atoms with E-state index in [2.05, 4.69) is 17.0 Å². The van der Waals surface area contributed by atoms with Crippen LogP contribution in [0.4, 0.5) is 10.1 Å². The van der Waals surface area contributed by atoms with Crippen molar-refractivity contribution < 1.29 is 12.8 Å². The van der Waals surface area contributed by atoms with Crippen LogP contribution in [-0.2, 0) is 10.0 Å². The fourth-order valence-electron chi connectivity index (χ4n) is 4.49. The summed E-state index contributed by atoms with van der Waals surface area (Å²) >= 11 is 0. The summed E-state index contributed by atoms with van der Waals surface area (Å²) in [6.07, 6.45) is 2.93. The molecule has 1 spiro atoms. The van der Waals surface area contributed by atoms with Crippen molar-refractivity contribution in [2.24, 2.45) is 5.41 Å². The molecule has 0 amide bonds. The van der Waals surface area contributed by atoms with Gasteiger partial charge in [-0.05, 0) is 36.6 Å². The van der Waals surface area contributed by atoms with Crippen molar-refractivity contribution in [1.82, 2.24) is 4.31 Å². The van der Waals surface area contributed by atoms with Crippen molar-refractivity contribution in [2.75, 3.05) is 30.8 Å². The van der Waals surface area contributed by atoms with Gasteiger partial charge in [0.05, 0.1) is 12.3 Å². The fraction of sp³-hybridized carbons (Fsp3) is 0.400. The molecule has 0 N–H and O–H groups in total. The minimum absolute atomic E-state index is 0.0366. The zero-order chi connectivity index (χ0) is 18.4. The van der Waals surface area contributed by atoms with E-state index in [1.807, 2.05) is 24.3 Å². The fourth-order valence-corrected chi connectivity index (χ4v) is 5.34. The maximum atomic E-state index is 13.7. The predicted octanol–water partition coefficient (Wildman–Crippen LogP) is 3.43. The molecule has 1 atom stereocenters. The Balaban J connectivity index is 1.64. The van der Waals surface area contributed by atoms with Crippen LogP contribution >= 0.6 is 0 Å². The van der Waals surface area contributed by atoms with Crippen molar-refractivity contribution in [2.45, 2.75) is 18.9 Å². The largest absolute Gasteiger partial charge is 0.363 e. The van der Waals surface area contributed by atoms with E-state index < -0.39 is 10.0 Å². The summed E-state index contributed by atoms with van der Waals surface area (Å²) in [4.78, 5) is 2.24. The van der Waals surface area contributed by atoms with Crippen LogP contribution in [0.2, 0.25) is 0 Å². The summed E-state index contributed by atoms with van der Waals surface area (Å²) in [6, 6.07) is 17.1. The minimum Gasteiger partial charge on any atom is -0.363 e. The molecule has 0 saturated carbocycles. The topological polar surface area (TPSA) is 40.6 Å². The highest BCUT2D eigenvalue weighted by Gasteiger charge is 2.54. The molecular weight excluding hydrogens is 351 g/mol. The average molecular weight is 374 g/mol. The first kappa shape index (κ1) is 17.5. The minimum atomic E-state index is -3.14. The van der Waals surface area contributed by atoms with Gasteiger partial charge in [0, 0.05) is 30.7 Å². The van der Waals surface area contributed by atoms with Crippen LogP contribution in [0.15, 0.2) is 54.6 Å². The molecule has 2 heterocycles. The third kappa shape index (κ3) is 3.01. The first-order valence-corrected chi connectivity index (χ1v) is 10.8. The SMILES string of the molecule is CS(=O)(=O)N1CCC2(CC1)CN(c1cccc(F)c1)C2c1ccccc1. The Labute approximate surface area is 154 Å². The Bertz CT molecular complexity index is 893. The first-order valence-electron chi connectivity index (χ1n) is 8.91. The summed E-state index contributed by atoms with van der Waals surface area (Å²) in [5.41, 5.74) is 2.13. The molecule has 2 aliphatic rings. The van der Waals surface area contributed by atoms with E-state index in [1.165, 1.54) is 17.9 Å². The van der Waals surface area contributed by atoms with Gasteiger partial charge in [-0.25, -0.2) is 17.1 Å². The zero-order valence-corrected chi connectivity index (χ0v) is 15.6. The molecule has 2 fully saturated rings. The van der Waals surface area contributed by atoms with Crippen molar-refractivity contribution >= 4 is 15.7 Å². The van der Waals surface area contributed by atoms with Crippen molar-refractivity contribution in [3.8, 4) is 0 Å². The monoisotopic (exact) mass is 374 g/mol. The van der Waals surface area contributed by atoms with Gasteiger partial charge in [0.1, 0.15) is 5.82 Å². The lowest BCUT2D eigenvalue weighted by atomic mass is 9.63. The van der Waals surface area contributed by atoms with Gasteiger partial charge in [-0.15, -0.1) is 0 Å². The third-order valence-corrected chi connectivity index (χ3v) is 7.12. The highest BCUT2D eigenvalue weighted by molar-refractivity contribution is 7.88. The molecule has 0 bridgehead atoms. The molecule has 26 heavy (non-hydrogen) atoms. The highest BCUT2D eigenvalue weighted by atomic mass is 32.2. The Kier molecular flexibility index (Phi) is 4.28. The number of nitrogens with zero attached hydrogens (tertiary/aromatic N) is 2. The van der Waals surface area contributed by atoms with Gasteiger partial charge in [0.15, 0.2) is 0 Å². The van der Waals surface area contributed by atoms with Crippen molar-refractivity contribution in [1.29, 1.82) is 0 Å². The van der Waals surface area contributed by atoms with Gasteiger partial charge < -0.3 is 4.90 Å². The van der Waals surface area contributed by atoms with Gasteiger partial charge in [0.25, 0.3) is 0 Å². The van der Waals surface area contributed by atoms with E-state index >= 15 is 0 Å². The zero-order valence-electron chi connectivity index (χ0n) is 14.8. The van der Waals surface area contributed by atoms with Gasteiger partial charge in [-0.1, -0.05) is 36.4 Å². The van der Waals surface area contributed by atoms with Gasteiger partial charge in [-0.3, -0.25) is 0 Å². The Morgan fingerprint density at radius 1 is 1.04 bits per heavy atom. The van der Waals surface area contributed by atoms with Crippen LogP contribution in [0.25, 0.3) is 0 Å². The maximum Gasteiger partial charge on any atom is 0.211 e. The molecule has 4 rings (SSSR count). The van der Waals surface area contributed by atoms with Crippen molar-refractivity contribution in [3.05, 3.63) is 66.0 Å². The molecule has 6 heteroatoms. The molecule has 138 valence electrons. The number of anilines is 1. The Morgan fingerprint density at radius 2 is 1.73 bits per heavy atom. The number of hydrogen-bond donors (Lipinski definition) is 0. The van der Waals surface area contributed by atoms with E-state index in [-0.39, 0.29) is 17.3 Å². The molecule has 0 aliphatic carbocycles. The summed E-state index contributed by atoms with van der Waals surface area (Å²) in [5, 5.41) is 0. The van der Waals surface area contributed by atoms with Crippen LogP contribution in [0, 0.1) is 11.2 Å².